The van der Waals surface area contributed by atoms with E-state index in [0.29, 0.717) is 50.5 Å². The molecule has 10 nitrogen and oxygen atoms in total. The lowest BCUT2D eigenvalue weighted by molar-refractivity contribution is -0.140. The van der Waals surface area contributed by atoms with Gasteiger partial charge in [0.1, 0.15) is 17.1 Å². The molecule has 3 aromatic rings. The lowest BCUT2D eigenvalue weighted by Gasteiger charge is -2.50. The van der Waals surface area contributed by atoms with Crippen LogP contribution >= 0.6 is 0 Å². The van der Waals surface area contributed by atoms with Gasteiger partial charge in [-0.05, 0) is 19.8 Å². The van der Waals surface area contributed by atoms with Crippen LogP contribution in [0.2, 0.25) is 0 Å². The van der Waals surface area contributed by atoms with Crippen molar-refractivity contribution in [2.75, 3.05) is 19.6 Å². The average molecular weight is 423 g/mol. The van der Waals surface area contributed by atoms with Gasteiger partial charge in [0.05, 0.1) is 18.1 Å². The number of hydrogen-bond donors (Lipinski definition) is 0. The van der Waals surface area contributed by atoms with E-state index in [4.69, 9.17) is 9.51 Å². The number of likely N-dealkylation sites (tertiary alicyclic amines) is 1. The minimum Gasteiger partial charge on any atom is -0.361 e. The molecule has 0 saturated carbocycles. The van der Waals surface area contributed by atoms with E-state index >= 15 is 0 Å². The topological polar surface area (TPSA) is 102 Å². The van der Waals surface area contributed by atoms with Gasteiger partial charge in [-0.25, -0.2) is 4.98 Å². The number of carbonyl (C=O) groups is 2. The van der Waals surface area contributed by atoms with Gasteiger partial charge >= 0.3 is 0 Å². The standard InChI is InChI=1S/C21H25N7O3/c1-14-10-17(24-31-14)19(30)26-6-4-21(5-7-26)20-22-12-18(16-11-23-25(3)13-16)27(20)8-9-28(21)15(2)29/h10-13H,4-9H2,1-3H3. The summed E-state index contributed by atoms with van der Waals surface area (Å²) in [7, 11) is 1.89. The molecule has 0 aromatic carbocycles. The van der Waals surface area contributed by atoms with Crippen LogP contribution in [0, 0.1) is 6.92 Å². The molecule has 1 spiro atoms. The number of aryl methyl sites for hydroxylation is 2. The van der Waals surface area contributed by atoms with Gasteiger partial charge in [-0.1, -0.05) is 5.16 Å². The first kappa shape index (κ1) is 19.5. The maximum atomic E-state index is 12.8. The molecule has 0 unspecified atom stereocenters. The second kappa shape index (κ2) is 7.07. The summed E-state index contributed by atoms with van der Waals surface area (Å²) >= 11 is 0. The monoisotopic (exact) mass is 423 g/mol. The number of hydrogen-bond acceptors (Lipinski definition) is 6. The van der Waals surface area contributed by atoms with Crippen LogP contribution in [0.5, 0.6) is 0 Å². The molecule has 2 aliphatic heterocycles. The van der Waals surface area contributed by atoms with Gasteiger partial charge in [0.2, 0.25) is 5.91 Å². The molecule has 0 N–H and O–H groups in total. The third-order valence-corrected chi connectivity index (χ3v) is 6.44. The summed E-state index contributed by atoms with van der Waals surface area (Å²) in [6.45, 7) is 5.71. The molecule has 0 atom stereocenters. The number of amides is 2. The van der Waals surface area contributed by atoms with Crippen molar-refractivity contribution in [1.29, 1.82) is 0 Å². The van der Waals surface area contributed by atoms with E-state index in [1.165, 1.54) is 0 Å². The van der Waals surface area contributed by atoms with Crippen molar-refractivity contribution >= 4 is 11.8 Å². The summed E-state index contributed by atoms with van der Waals surface area (Å²) < 4.78 is 9.03. The summed E-state index contributed by atoms with van der Waals surface area (Å²) in [5.41, 5.74) is 1.80. The number of nitrogens with zero attached hydrogens (tertiary/aromatic N) is 7. The van der Waals surface area contributed by atoms with Crippen molar-refractivity contribution in [2.45, 2.75) is 38.8 Å². The van der Waals surface area contributed by atoms with Crippen LogP contribution in [0.4, 0.5) is 0 Å². The van der Waals surface area contributed by atoms with Crippen LogP contribution in [-0.2, 0) is 23.9 Å². The third kappa shape index (κ3) is 3.05. The van der Waals surface area contributed by atoms with Gasteiger partial charge in [0.15, 0.2) is 5.69 Å². The fourth-order valence-corrected chi connectivity index (χ4v) is 4.95. The molecule has 5 rings (SSSR count). The van der Waals surface area contributed by atoms with Crippen molar-refractivity contribution < 1.29 is 14.1 Å². The highest BCUT2D eigenvalue weighted by atomic mass is 16.5. The van der Waals surface area contributed by atoms with Crippen LogP contribution < -0.4 is 0 Å². The van der Waals surface area contributed by atoms with Gasteiger partial charge in [-0.2, -0.15) is 5.10 Å². The highest BCUT2D eigenvalue weighted by Crippen LogP contribution is 2.42. The quantitative estimate of drug-likeness (QED) is 0.620. The number of aromatic nitrogens is 5. The molecule has 0 aliphatic carbocycles. The van der Waals surface area contributed by atoms with Crippen molar-refractivity contribution in [3.05, 3.63) is 41.9 Å². The van der Waals surface area contributed by atoms with Crippen molar-refractivity contribution in [3.8, 4) is 11.3 Å². The molecule has 2 amide bonds. The molecular weight excluding hydrogens is 398 g/mol. The molecule has 5 heterocycles. The lowest BCUT2D eigenvalue weighted by Crippen LogP contribution is -2.59. The van der Waals surface area contributed by atoms with Gasteiger partial charge < -0.3 is 18.9 Å². The number of carbonyl (C=O) groups excluding carboxylic acids is 2. The van der Waals surface area contributed by atoms with Crippen LogP contribution in [0.25, 0.3) is 11.3 Å². The van der Waals surface area contributed by atoms with Gasteiger partial charge in [-0.3, -0.25) is 14.3 Å². The van der Waals surface area contributed by atoms with Crippen molar-refractivity contribution in [2.24, 2.45) is 7.05 Å². The molecule has 162 valence electrons. The molecule has 2 aliphatic rings. The Bertz CT molecular complexity index is 1150. The molecule has 1 fully saturated rings. The van der Waals surface area contributed by atoms with Crippen LogP contribution in [0.15, 0.2) is 29.2 Å². The molecule has 3 aromatic heterocycles. The normalized spacial score (nSPS) is 17.8. The summed E-state index contributed by atoms with van der Waals surface area (Å²) in [6, 6.07) is 1.65. The second-order valence-electron chi connectivity index (χ2n) is 8.34. The van der Waals surface area contributed by atoms with Gasteiger partial charge in [-0.15, -0.1) is 0 Å². The van der Waals surface area contributed by atoms with E-state index in [0.717, 1.165) is 17.1 Å². The summed E-state index contributed by atoms with van der Waals surface area (Å²) in [4.78, 5) is 33.9. The zero-order valence-electron chi connectivity index (χ0n) is 17.9. The smallest absolute Gasteiger partial charge is 0.276 e. The maximum absolute atomic E-state index is 12.8. The number of piperidine rings is 1. The molecule has 1 saturated heterocycles. The summed E-state index contributed by atoms with van der Waals surface area (Å²) in [5, 5.41) is 8.14. The van der Waals surface area contributed by atoms with E-state index < -0.39 is 5.54 Å². The van der Waals surface area contributed by atoms with Gasteiger partial charge in [0.25, 0.3) is 5.91 Å². The first-order valence-electron chi connectivity index (χ1n) is 10.4. The van der Waals surface area contributed by atoms with Crippen LogP contribution in [-0.4, -0.2) is 65.7 Å². The maximum Gasteiger partial charge on any atom is 0.276 e. The predicted octanol–water partition coefficient (Wildman–Crippen LogP) is 1.57. The fourth-order valence-electron chi connectivity index (χ4n) is 4.95. The SMILES string of the molecule is CC(=O)N1CCn2c(-c3cnn(C)c3)cnc2C12CCN(C(=O)c1cc(C)on1)CC2. The molecule has 0 radical (unpaired) electrons. The Labute approximate surface area is 179 Å². The minimum atomic E-state index is -0.527. The highest BCUT2D eigenvalue weighted by molar-refractivity contribution is 5.92. The number of imidazole rings is 1. The molecule has 31 heavy (non-hydrogen) atoms. The Kier molecular flexibility index (Phi) is 4.45. The summed E-state index contributed by atoms with van der Waals surface area (Å²) in [6.07, 6.45) is 6.91. The first-order chi connectivity index (χ1) is 14.9. The van der Waals surface area contributed by atoms with Gasteiger partial charge in [0, 0.05) is 58.0 Å². The Balaban J connectivity index is 1.47. The largest absolute Gasteiger partial charge is 0.361 e. The molecule has 0 bridgehead atoms. The molecular formula is C21H25N7O3. The highest BCUT2D eigenvalue weighted by Gasteiger charge is 2.49. The van der Waals surface area contributed by atoms with E-state index in [2.05, 4.69) is 14.8 Å². The van der Waals surface area contributed by atoms with Crippen molar-refractivity contribution in [1.82, 2.24) is 34.3 Å². The zero-order chi connectivity index (χ0) is 21.8. The second-order valence-corrected chi connectivity index (χ2v) is 8.34. The Morgan fingerprint density at radius 1 is 1.13 bits per heavy atom. The van der Waals surface area contributed by atoms with E-state index in [-0.39, 0.29) is 11.8 Å². The summed E-state index contributed by atoms with van der Waals surface area (Å²) in [5.74, 6) is 1.38. The Morgan fingerprint density at radius 2 is 1.90 bits per heavy atom. The first-order valence-corrected chi connectivity index (χ1v) is 10.4. The number of rotatable bonds is 2. The van der Waals surface area contributed by atoms with Crippen molar-refractivity contribution in [3.63, 3.8) is 0 Å². The van der Waals surface area contributed by atoms with E-state index in [1.54, 1.807) is 29.5 Å². The minimum absolute atomic E-state index is 0.0316. The zero-order valence-corrected chi connectivity index (χ0v) is 17.9. The van der Waals surface area contributed by atoms with Crippen LogP contribution in [0.1, 0.15) is 41.8 Å². The fraction of sp³-hybridized carbons (Fsp3) is 0.476. The van der Waals surface area contributed by atoms with E-state index in [9.17, 15) is 9.59 Å². The average Bonchev–Trinajstić information content (AvgIpc) is 3.48. The number of fused-ring (bicyclic) bond motifs is 2. The third-order valence-electron chi connectivity index (χ3n) is 6.44. The molecule has 10 heteroatoms. The predicted molar refractivity (Wildman–Crippen MR) is 110 cm³/mol. The van der Waals surface area contributed by atoms with Crippen LogP contribution in [0.3, 0.4) is 0 Å². The Hall–Kier alpha value is -3.43. The Morgan fingerprint density at radius 3 is 2.52 bits per heavy atom. The van der Waals surface area contributed by atoms with E-state index in [1.807, 2.05) is 30.5 Å². The lowest BCUT2D eigenvalue weighted by atomic mass is 9.83.